The quantitative estimate of drug-likeness (QED) is 0.797. The van der Waals surface area contributed by atoms with Crippen LogP contribution in [-0.2, 0) is 0 Å². The minimum Gasteiger partial charge on any atom is -0.384 e. The van der Waals surface area contributed by atoms with E-state index in [4.69, 9.17) is 28.9 Å². The van der Waals surface area contributed by atoms with E-state index in [2.05, 4.69) is 5.43 Å². The van der Waals surface area contributed by atoms with Crippen molar-refractivity contribution in [3.05, 3.63) is 40.1 Å². The van der Waals surface area contributed by atoms with Gasteiger partial charge in [0.1, 0.15) is 5.82 Å². The summed E-state index contributed by atoms with van der Waals surface area (Å²) < 4.78 is 0. The molecular formula is C10H11Cl2N3. The molecule has 0 saturated heterocycles. The van der Waals surface area contributed by atoms with Crippen molar-refractivity contribution in [3.8, 4) is 0 Å². The highest BCUT2D eigenvalue weighted by Gasteiger charge is 2.21. The first-order valence-corrected chi connectivity index (χ1v) is 5.32. The van der Waals surface area contributed by atoms with Crippen LogP contribution in [0.15, 0.2) is 30.1 Å². The zero-order valence-electron chi connectivity index (χ0n) is 8.17. The van der Waals surface area contributed by atoms with Crippen LogP contribution in [0.5, 0.6) is 0 Å². The van der Waals surface area contributed by atoms with Gasteiger partial charge in [0, 0.05) is 5.02 Å². The third-order valence-corrected chi connectivity index (χ3v) is 2.78. The van der Waals surface area contributed by atoms with E-state index in [1.165, 1.54) is 0 Å². The van der Waals surface area contributed by atoms with Crippen molar-refractivity contribution in [1.82, 2.24) is 5.43 Å². The summed E-state index contributed by atoms with van der Waals surface area (Å²) in [4.78, 5) is 0. The van der Waals surface area contributed by atoms with Gasteiger partial charge in [-0.15, -0.1) is 0 Å². The SMILES string of the molecule is CC1C=C(N)NN1c1ccc(Cl)cc1Cl. The molecule has 0 amide bonds. The summed E-state index contributed by atoms with van der Waals surface area (Å²) in [5, 5.41) is 3.12. The molecule has 1 heterocycles. The van der Waals surface area contributed by atoms with Crippen molar-refractivity contribution in [2.75, 3.05) is 5.01 Å². The van der Waals surface area contributed by atoms with Crippen molar-refractivity contribution in [1.29, 1.82) is 0 Å². The molecule has 5 heteroatoms. The average molecular weight is 244 g/mol. The first-order chi connectivity index (χ1) is 7.08. The summed E-state index contributed by atoms with van der Waals surface area (Å²) >= 11 is 11.9. The number of nitrogens with one attached hydrogen (secondary N) is 1. The summed E-state index contributed by atoms with van der Waals surface area (Å²) in [6.45, 7) is 2.03. The van der Waals surface area contributed by atoms with Gasteiger partial charge in [0.15, 0.2) is 0 Å². The molecule has 0 spiro atoms. The molecule has 0 aliphatic carbocycles. The van der Waals surface area contributed by atoms with Gasteiger partial charge < -0.3 is 5.73 Å². The average Bonchev–Trinajstić information content (AvgIpc) is 2.45. The van der Waals surface area contributed by atoms with E-state index in [9.17, 15) is 0 Å². The van der Waals surface area contributed by atoms with E-state index in [0.29, 0.717) is 15.9 Å². The normalized spacial score (nSPS) is 20.1. The molecule has 80 valence electrons. The van der Waals surface area contributed by atoms with Gasteiger partial charge in [0.25, 0.3) is 0 Å². The molecule has 1 unspecified atom stereocenters. The van der Waals surface area contributed by atoms with Crippen LogP contribution in [0.2, 0.25) is 10.0 Å². The summed E-state index contributed by atoms with van der Waals surface area (Å²) in [5.41, 5.74) is 9.56. The van der Waals surface area contributed by atoms with Gasteiger partial charge in [-0.3, -0.25) is 10.4 Å². The van der Waals surface area contributed by atoms with Crippen molar-refractivity contribution in [2.45, 2.75) is 13.0 Å². The van der Waals surface area contributed by atoms with E-state index in [0.717, 1.165) is 5.69 Å². The third-order valence-electron chi connectivity index (χ3n) is 2.25. The van der Waals surface area contributed by atoms with Gasteiger partial charge in [0.2, 0.25) is 0 Å². The molecule has 1 aliphatic heterocycles. The zero-order valence-corrected chi connectivity index (χ0v) is 9.68. The number of nitrogens with zero attached hydrogens (tertiary/aromatic N) is 1. The maximum absolute atomic E-state index is 6.09. The predicted molar refractivity (Wildman–Crippen MR) is 63.8 cm³/mol. The van der Waals surface area contributed by atoms with Crippen LogP contribution >= 0.6 is 23.2 Å². The van der Waals surface area contributed by atoms with Crippen molar-refractivity contribution in [3.63, 3.8) is 0 Å². The molecule has 0 aromatic heterocycles. The van der Waals surface area contributed by atoms with Crippen molar-refractivity contribution < 1.29 is 0 Å². The van der Waals surface area contributed by atoms with Crippen LogP contribution in [0.1, 0.15) is 6.92 Å². The largest absolute Gasteiger partial charge is 0.384 e. The highest BCUT2D eigenvalue weighted by atomic mass is 35.5. The van der Waals surface area contributed by atoms with Gasteiger partial charge in [-0.25, -0.2) is 0 Å². The molecule has 0 radical (unpaired) electrons. The molecule has 0 saturated carbocycles. The lowest BCUT2D eigenvalue weighted by Crippen LogP contribution is -2.38. The van der Waals surface area contributed by atoms with Crippen LogP contribution in [0.3, 0.4) is 0 Å². The molecule has 0 bridgehead atoms. The molecule has 1 aliphatic rings. The number of nitrogens with two attached hydrogens (primary N) is 1. The predicted octanol–water partition coefficient (Wildman–Crippen LogP) is 2.51. The lowest BCUT2D eigenvalue weighted by atomic mass is 10.2. The Morgan fingerprint density at radius 1 is 1.40 bits per heavy atom. The van der Waals surface area contributed by atoms with E-state index in [-0.39, 0.29) is 6.04 Å². The smallest absolute Gasteiger partial charge is 0.113 e. The van der Waals surface area contributed by atoms with Crippen molar-refractivity contribution >= 4 is 28.9 Å². The standard InChI is InChI=1S/C10H11Cl2N3/c1-6-4-10(13)14-15(6)9-3-2-7(11)5-8(9)12/h2-6,14H,13H2,1H3. The Bertz CT molecular complexity index is 417. The van der Waals surface area contributed by atoms with Gasteiger partial charge in [-0.1, -0.05) is 23.2 Å². The molecule has 3 nitrogen and oxygen atoms in total. The lowest BCUT2D eigenvalue weighted by Gasteiger charge is -2.25. The number of halogens is 2. The fraction of sp³-hybridized carbons (Fsp3) is 0.200. The third kappa shape index (κ3) is 1.98. The van der Waals surface area contributed by atoms with Crippen LogP contribution in [0, 0.1) is 0 Å². The Balaban J connectivity index is 2.32. The molecule has 15 heavy (non-hydrogen) atoms. The van der Waals surface area contributed by atoms with Crippen LogP contribution in [-0.4, -0.2) is 6.04 Å². The Kier molecular flexibility index (Phi) is 2.67. The maximum Gasteiger partial charge on any atom is 0.113 e. The van der Waals surface area contributed by atoms with Gasteiger partial charge in [0.05, 0.1) is 16.8 Å². The molecular weight excluding hydrogens is 233 g/mol. The second kappa shape index (κ2) is 3.83. The minimum atomic E-state index is 0.170. The van der Waals surface area contributed by atoms with E-state index < -0.39 is 0 Å². The molecule has 0 fully saturated rings. The van der Waals surface area contributed by atoms with Gasteiger partial charge >= 0.3 is 0 Å². The highest BCUT2D eigenvalue weighted by Crippen LogP contribution is 2.30. The fourth-order valence-electron chi connectivity index (χ4n) is 1.57. The topological polar surface area (TPSA) is 41.3 Å². The number of rotatable bonds is 1. The summed E-state index contributed by atoms with van der Waals surface area (Å²) in [5.74, 6) is 0.633. The summed E-state index contributed by atoms with van der Waals surface area (Å²) in [6, 6.07) is 5.54. The molecule has 1 aromatic rings. The Morgan fingerprint density at radius 3 is 2.67 bits per heavy atom. The summed E-state index contributed by atoms with van der Waals surface area (Å²) in [7, 11) is 0. The highest BCUT2D eigenvalue weighted by molar-refractivity contribution is 6.36. The van der Waals surface area contributed by atoms with E-state index >= 15 is 0 Å². The zero-order chi connectivity index (χ0) is 11.0. The monoisotopic (exact) mass is 243 g/mol. The Hall–Kier alpha value is -1.06. The Labute approximate surface area is 98.4 Å². The minimum absolute atomic E-state index is 0.170. The molecule has 3 N–H and O–H groups in total. The van der Waals surface area contributed by atoms with Crippen LogP contribution in [0.4, 0.5) is 5.69 Å². The molecule has 2 rings (SSSR count). The Morgan fingerprint density at radius 2 is 2.13 bits per heavy atom. The summed E-state index contributed by atoms with van der Waals surface area (Å²) in [6.07, 6.45) is 1.92. The van der Waals surface area contributed by atoms with Gasteiger partial charge in [-0.2, -0.15) is 0 Å². The number of benzene rings is 1. The van der Waals surface area contributed by atoms with E-state index in [1.54, 1.807) is 12.1 Å². The fourth-order valence-corrected chi connectivity index (χ4v) is 2.07. The van der Waals surface area contributed by atoms with E-state index in [1.807, 2.05) is 24.1 Å². The molecule has 1 atom stereocenters. The maximum atomic E-state index is 6.09. The molecule has 1 aromatic carbocycles. The first-order valence-electron chi connectivity index (χ1n) is 4.56. The van der Waals surface area contributed by atoms with Crippen LogP contribution in [0.25, 0.3) is 0 Å². The number of hydrogen-bond donors (Lipinski definition) is 2. The van der Waals surface area contributed by atoms with Gasteiger partial charge in [-0.05, 0) is 31.2 Å². The second-order valence-corrected chi connectivity index (χ2v) is 4.28. The number of anilines is 1. The number of hydrogen-bond acceptors (Lipinski definition) is 3. The van der Waals surface area contributed by atoms with Crippen molar-refractivity contribution in [2.24, 2.45) is 5.73 Å². The number of hydrazine groups is 1. The second-order valence-electron chi connectivity index (χ2n) is 3.44. The first kappa shape index (κ1) is 10.5. The lowest BCUT2D eigenvalue weighted by molar-refractivity contribution is 0.710. The van der Waals surface area contributed by atoms with Crippen LogP contribution < -0.4 is 16.2 Å².